The molecule has 1 fully saturated rings. The molecule has 6 nitrogen and oxygen atoms in total. The zero-order chi connectivity index (χ0) is 14.0. The van der Waals surface area contributed by atoms with Crippen LogP contribution >= 0.6 is 0 Å². The Kier molecular flexibility index (Phi) is 3.64. The number of anilines is 1. The monoisotopic (exact) mass is 268 g/mol. The number of carbonyl (C=O) groups is 1. The first-order chi connectivity index (χ1) is 8.99. The molecule has 1 aliphatic heterocycles. The summed E-state index contributed by atoms with van der Waals surface area (Å²) in [6.07, 6.45) is 0.869. The van der Waals surface area contributed by atoms with Gasteiger partial charge < -0.3 is 10.0 Å². The van der Waals surface area contributed by atoms with Crippen molar-refractivity contribution in [3.05, 3.63) is 34.1 Å². The molecule has 0 atom stereocenters. The normalized spacial score (nSPS) is 16.4. The maximum absolute atomic E-state index is 13.0. The molecule has 0 saturated carbocycles. The van der Waals surface area contributed by atoms with Crippen LogP contribution < -0.4 is 4.90 Å². The van der Waals surface area contributed by atoms with Crippen LogP contribution in [0.1, 0.15) is 12.8 Å². The molecule has 0 radical (unpaired) electrons. The Bertz CT molecular complexity index is 512. The molecule has 7 heteroatoms. The second-order valence-electron chi connectivity index (χ2n) is 4.49. The van der Waals surface area contributed by atoms with Crippen molar-refractivity contribution < 1.29 is 19.2 Å². The fourth-order valence-electron chi connectivity index (χ4n) is 2.28. The van der Waals surface area contributed by atoms with Gasteiger partial charge in [0.05, 0.1) is 16.9 Å². The number of rotatable bonds is 3. The van der Waals surface area contributed by atoms with Crippen molar-refractivity contribution in [3.63, 3.8) is 0 Å². The number of nitro groups is 1. The molecule has 0 unspecified atom stereocenters. The highest BCUT2D eigenvalue weighted by molar-refractivity contribution is 5.71. The maximum atomic E-state index is 13.0. The Balaban J connectivity index is 2.20. The van der Waals surface area contributed by atoms with Crippen LogP contribution in [0.3, 0.4) is 0 Å². The molecule has 1 aliphatic rings. The highest BCUT2D eigenvalue weighted by Crippen LogP contribution is 2.32. The summed E-state index contributed by atoms with van der Waals surface area (Å²) in [5.41, 5.74) is 0.0593. The smallest absolute Gasteiger partial charge is 0.306 e. The molecule has 1 aromatic rings. The lowest BCUT2D eigenvalue weighted by atomic mass is 9.96. The topological polar surface area (TPSA) is 83.7 Å². The van der Waals surface area contributed by atoms with E-state index in [0.717, 1.165) is 6.07 Å². The SMILES string of the molecule is O=C(O)C1CCN(c2ccc(F)cc2[N+](=O)[O-])CC1. The number of aliphatic carboxylic acids is 1. The number of halogens is 1. The Morgan fingerprint density at radius 1 is 1.42 bits per heavy atom. The van der Waals surface area contributed by atoms with E-state index < -0.39 is 22.6 Å². The summed E-state index contributed by atoms with van der Waals surface area (Å²) in [5, 5.41) is 19.8. The van der Waals surface area contributed by atoms with E-state index in [1.165, 1.54) is 12.1 Å². The third-order valence-corrected chi connectivity index (χ3v) is 3.32. The van der Waals surface area contributed by atoms with Gasteiger partial charge in [-0.25, -0.2) is 4.39 Å². The van der Waals surface area contributed by atoms with Crippen molar-refractivity contribution in [3.8, 4) is 0 Å². The van der Waals surface area contributed by atoms with E-state index in [1.54, 1.807) is 4.90 Å². The Labute approximate surface area is 108 Å². The minimum atomic E-state index is -0.840. The van der Waals surface area contributed by atoms with Crippen LogP contribution in [0.4, 0.5) is 15.8 Å². The molecular formula is C12H13FN2O4. The van der Waals surface area contributed by atoms with E-state index in [-0.39, 0.29) is 5.69 Å². The third-order valence-electron chi connectivity index (χ3n) is 3.32. The first-order valence-electron chi connectivity index (χ1n) is 5.90. The van der Waals surface area contributed by atoms with Gasteiger partial charge in [0.2, 0.25) is 0 Å². The molecule has 0 bridgehead atoms. The lowest BCUT2D eigenvalue weighted by Crippen LogP contribution is -2.36. The fourth-order valence-corrected chi connectivity index (χ4v) is 2.28. The Morgan fingerprint density at radius 3 is 2.58 bits per heavy atom. The molecule has 0 spiro atoms. The van der Waals surface area contributed by atoms with E-state index in [9.17, 15) is 19.3 Å². The molecule has 102 valence electrons. The molecule has 0 amide bonds. The predicted octanol–water partition coefficient (Wildman–Crippen LogP) is 2.03. The summed E-state index contributed by atoms with van der Waals surface area (Å²) >= 11 is 0. The molecular weight excluding hydrogens is 255 g/mol. The van der Waals surface area contributed by atoms with Gasteiger partial charge >= 0.3 is 5.97 Å². The lowest BCUT2D eigenvalue weighted by molar-refractivity contribution is -0.384. The quantitative estimate of drug-likeness (QED) is 0.669. The van der Waals surface area contributed by atoms with Gasteiger partial charge in [0.15, 0.2) is 0 Å². The number of carboxylic acids is 1. The van der Waals surface area contributed by atoms with Crippen LogP contribution in [0.25, 0.3) is 0 Å². The fraction of sp³-hybridized carbons (Fsp3) is 0.417. The van der Waals surface area contributed by atoms with Crippen LogP contribution in [-0.4, -0.2) is 29.1 Å². The van der Waals surface area contributed by atoms with Gasteiger partial charge in [-0.2, -0.15) is 0 Å². The first kappa shape index (κ1) is 13.3. The van der Waals surface area contributed by atoms with Crippen molar-refractivity contribution in [2.75, 3.05) is 18.0 Å². The van der Waals surface area contributed by atoms with Gasteiger partial charge in [-0.3, -0.25) is 14.9 Å². The summed E-state index contributed by atoms with van der Waals surface area (Å²) in [6, 6.07) is 3.43. The molecule has 2 rings (SSSR count). The van der Waals surface area contributed by atoms with Gasteiger partial charge in [-0.1, -0.05) is 0 Å². The van der Waals surface area contributed by atoms with E-state index in [0.29, 0.717) is 31.6 Å². The molecule has 1 N–H and O–H groups in total. The third kappa shape index (κ3) is 2.81. The van der Waals surface area contributed by atoms with Crippen molar-refractivity contribution in [2.24, 2.45) is 5.92 Å². The number of benzene rings is 1. The first-order valence-corrected chi connectivity index (χ1v) is 5.90. The lowest BCUT2D eigenvalue weighted by Gasteiger charge is -2.31. The zero-order valence-corrected chi connectivity index (χ0v) is 10.1. The highest BCUT2D eigenvalue weighted by Gasteiger charge is 2.28. The van der Waals surface area contributed by atoms with E-state index >= 15 is 0 Å². The number of carboxylic acid groups (broad SMARTS) is 1. The van der Waals surface area contributed by atoms with Crippen molar-refractivity contribution in [1.82, 2.24) is 0 Å². The number of hydrogen-bond acceptors (Lipinski definition) is 4. The summed E-state index contributed by atoms with van der Waals surface area (Å²) < 4.78 is 13.0. The van der Waals surface area contributed by atoms with E-state index in [1.807, 2.05) is 0 Å². The second kappa shape index (κ2) is 5.21. The summed E-state index contributed by atoms with van der Waals surface area (Å²) in [5.74, 6) is -1.90. The van der Waals surface area contributed by atoms with E-state index in [2.05, 4.69) is 0 Å². The minimum absolute atomic E-state index is 0.284. The van der Waals surface area contributed by atoms with Gasteiger partial charge in [0, 0.05) is 13.1 Å². The molecule has 1 heterocycles. The average molecular weight is 268 g/mol. The average Bonchev–Trinajstić information content (AvgIpc) is 2.38. The van der Waals surface area contributed by atoms with Gasteiger partial charge in [0.25, 0.3) is 5.69 Å². The van der Waals surface area contributed by atoms with E-state index in [4.69, 9.17) is 5.11 Å². The number of nitro benzene ring substituents is 1. The minimum Gasteiger partial charge on any atom is -0.481 e. The van der Waals surface area contributed by atoms with Crippen molar-refractivity contribution >= 4 is 17.3 Å². The van der Waals surface area contributed by atoms with Crippen LogP contribution in [0.2, 0.25) is 0 Å². The standard InChI is InChI=1S/C12H13FN2O4/c13-9-1-2-10(11(7-9)15(18)19)14-5-3-8(4-6-14)12(16)17/h1-2,7-8H,3-6H2,(H,16,17). The summed E-state index contributed by atoms with van der Waals surface area (Å²) in [4.78, 5) is 22.9. The number of piperidine rings is 1. The van der Waals surface area contributed by atoms with Crippen molar-refractivity contribution in [1.29, 1.82) is 0 Å². The summed E-state index contributed by atoms with van der Waals surface area (Å²) in [7, 11) is 0. The molecule has 1 saturated heterocycles. The largest absolute Gasteiger partial charge is 0.481 e. The van der Waals surface area contributed by atoms with Gasteiger partial charge in [-0.05, 0) is 25.0 Å². The Hall–Kier alpha value is -2.18. The number of nitrogens with zero attached hydrogens (tertiary/aromatic N) is 2. The number of hydrogen-bond donors (Lipinski definition) is 1. The van der Waals surface area contributed by atoms with Crippen LogP contribution in [0.15, 0.2) is 18.2 Å². The highest BCUT2D eigenvalue weighted by atomic mass is 19.1. The molecule has 0 aliphatic carbocycles. The molecule has 0 aromatic heterocycles. The van der Waals surface area contributed by atoms with Crippen molar-refractivity contribution in [2.45, 2.75) is 12.8 Å². The van der Waals surface area contributed by atoms with Crippen LogP contribution in [0, 0.1) is 21.8 Å². The second-order valence-corrected chi connectivity index (χ2v) is 4.49. The van der Waals surface area contributed by atoms with Gasteiger partial charge in [0.1, 0.15) is 11.5 Å². The molecule has 19 heavy (non-hydrogen) atoms. The van der Waals surface area contributed by atoms with Crippen LogP contribution in [0.5, 0.6) is 0 Å². The van der Waals surface area contributed by atoms with Crippen LogP contribution in [-0.2, 0) is 4.79 Å². The Morgan fingerprint density at radius 2 is 2.05 bits per heavy atom. The maximum Gasteiger partial charge on any atom is 0.306 e. The molecule has 1 aromatic carbocycles. The zero-order valence-electron chi connectivity index (χ0n) is 10.1. The summed E-state index contributed by atoms with van der Waals surface area (Å²) in [6.45, 7) is 0.840. The van der Waals surface area contributed by atoms with Gasteiger partial charge in [-0.15, -0.1) is 0 Å². The predicted molar refractivity (Wildman–Crippen MR) is 65.6 cm³/mol.